The standard InChI is InChI=1S/C15H22N6/c1-11-6-5-7-12(8-11)19-14(16)17-9-13-10-18-15(20(2)3)21(13)4/h5-8,10H,9H2,1-4H3,(H3,16,17,19). The average Bonchev–Trinajstić information content (AvgIpc) is 2.78. The molecule has 0 aliphatic heterocycles. The Kier molecular flexibility index (Phi) is 4.47. The monoisotopic (exact) mass is 286 g/mol. The SMILES string of the molecule is Cc1cccc(NC(N)=NCc2cnc(N(C)C)n2C)c1. The Hall–Kier alpha value is -2.50. The number of nitrogens with one attached hydrogen (secondary N) is 1. The topological polar surface area (TPSA) is 71.5 Å². The number of rotatable bonds is 4. The van der Waals surface area contributed by atoms with Crippen molar-refractivity contribution in [2.75, 3.05) is 24.3 Å². The number of hydrogen-bond acceptors (Lipinski definition) is 3. The van der Waals surface area contributed by atoms with Gasteiger partial charge in [0.15, 0.2) is 5.96 Å². The van der Waals surface area contributed by atoms with Gasteiger partial charge >= 0.3 is 0 Å². The van der Waals surface area contributed by atoms with Crippen LogP contribution in [0.25, 0.3) is 0 Å². The van der Waals surface area contributed by atoms with Crippen molar-refractivity contribution in [3.63, 3.8) is 0 Å². The van der Waals surface area contributed by atoms with Crippen LogP contribution in [0, 0.1) is 6.92 Å². The zero-order valence-electron chi connectivity index (χ0n) is 13.0. The normalized spacial score (nSPS) is 11.5. The fourth-order valence-corrected chi connectivity index (χ4v) is 2.07. The number of anilines is 2. The molecule has 6 nitrogen and oxygen atoms in total. The van der Waals surface area contributed by atoms with Gasteiger partial charge in [0.25, 0.3) is 0 Å². The molecule has 0 fully saturated rings. The molecule has 0 bridgehead atoms. The van der Waals surface area contributed by atoms with E-state index in [1.807, 2.05) is 68.0 Å². The van der Waals surface area contributed by atoms with E-state index in [0.717, 1.165) is 17.3 Å². The second-order valence-electron chi connectivity index (χ2n) is 5.20. The largest absolute Gasteiger partial charge is 0.370 e. The Bertz CT molecular complexity index is 641. The van der Waals surface area contributed by atoms with Gasteiger partial charge in [-0.3, -0.25) is 0 Å². The van der Waals surface area contributed by atoms with Crippen molar-refractivity contribution in [1.82, 2.24) is 9.55 Å². The van der Waals surface area contributed by atoms with Crippen LogP contribution in [-0.2, 0) is 13.6 Å². The van der Waals surface area contributed by atoms with Crippen molar-refractivity contribution >= 4 is 17.6 Å². The van der Waals surface area contributed by atoms with Crippen LogP contribution < -0.4 is 16.0 Å². The summed E-state index contributed by atoms with van der Waals surface area (Å²) in [7, 11) is 5.89. The first-order chi connectivity index (χ1) is 9.97. The summed E-state index contributed by atoms with van der Waals surface area (Å²) in [4.78, 5) is 10.7. The maximum absolute atomic E-state index is 5.92. The maximum atomic E-state index is 5.92. The Morgan fingerprint density at radius 1 is 1.43 bits per heavy atom. The van der Waals surface area contributed by atoms with E-state index in [1.165, 1.54) is 5.56 Å². The minimum absolute atomic E-state index is 0.396. The third-order valence-corrected chi connectivity index (χ3v) is 3.16. The molecule has 1 aromatic heterocycles. The molecule has 2 rings (SSSR count). The summed E-state index contributed by atoms with van der Waals surface area (Å²) < 4.78 is 2.00. The molecule has 0 saturated carbocycles. The van der Waals surface area contributed by atoms with E-state index in [-0.39, 0.29) is 0 Å². The molecule has 0 radical (unpaired) electrons. The molecule has 0 amide bonds. The summed E-state index contributed by atoms with van der Waals surface area (Å²) >= 11 is 0. The summed E-state index contributed by atoms with van der Waals surface area (Å²) in [5.74, 6) is 1.29. The van der Waals surface area contributed by atoms with Crippen LogP contribution in [0.1, 0.15) is 11.3 Å². The summed E-state index contributed by atoms with van der Waals surface area (Å²) in [5.41, 5.74) is 9.04. The van der Waals surface area contributed by atoms with Crippen LogP contribution in [0.3, 0.4) is 0 Å². The number of guanidine groups is 1. The van der Waals surface area contributed by atoms with Gasteiger partial charge < -0.3 is 20.5 Å². The Morgan fingerprint density at radius 3 is 2.81 bits per heavy atom. The van der Waals surface area contributed by atoms with Gasteiger partial charge in [0.05, 0.1) is 18.4 Å². The van der Waals surface area contributed by atoms with Gasteiger partial charge in [-0.25, -0.2) is 9.98 Å². The molecule has 21 heavy (non-hydrogen) atoms. The number of nitrogens with two attached hydrogens (primary N) is 1. The Morgan fingerprint density at radius 2 is 2.19 bits per heavy atom. The Balaban J connectivity index is 2.03. The van der Waals surface area contributed by atoms with E-state index in [4.69, 9.17) is 5.73 Å². The number of aromatic nitrogens is 2. The fraction of sp³-hybridized carbons (Fsp3) is 0.333. The number of hydrogen-bond donors (Lipinski definition) is 2. The van der Waals surface area contributed by atoms with Crippen molar-refractivity contribution in [2.24, 2.45) is 17.8 Å². The lowest BCUT2D eigenvalue weighted by atomic mass is 10.2. The fourth-order valence-electron chi connectivity index (χ4n) is 2.07. The molecule has 2 aromatic rings. The van der Waals surface area contributed by atoms with Gasteiger partial charge in [-0.15, -0.1) is 0 Å². The zero-order valence-corrected chi connectivity index (χ0v) is 13.0. The highest BCUT2D eigenvalue weighted by Gasteiger charge is 2.07. The summed E-state index contributed by atoms with van der Waals surface area (Å²) in [6.45, 7) is 2.53. The first kappa shape index (κ1) is 14.9. The zero-order chi connectivity index (χ0) is 15.4. The van der Waals surface area contributed by atoms with Crippen LogP contribution in [0.2, 0.25) is 0 Å². The second kappa shape index (κ2) is 6.30. The average molecular weight is 286 g/mol. The van der Waals surface area contributed by atoms with Crippen LogP contribution in [-0.4, -0.2) is 29.6 Å². The van der Waals surface area contributed by atoms with Gasteiger partial charge in [0.2, 0.25) is 5.95 Å². The van der Waals surface area contributed by atoms with Crippen LogP contribution in [0.4, 0.5) is 11.6 Å². The van der Waals surface area contributed by atoms with E-state index in [0.29, 0.717) is 12.5 Å². The van der Waals surface area contributed by atoms with Gasteiger partial charge in [-0.2, -0.15) is 0 Å². The van der Waals surface area contributed by atoms with E-state index < -0.39 is 0 Å². The first-order valence-electron chi connectivity index (χ1n) is 6.79. The van der Waals surface area contributed by atoms with E-state index in [9.17, 15) is 0 Å². The van der Waals surface area contributed by atoms with Gasteiger partial charge in [0, 0.05) is 26.8 Å². The molecular formula is C15H22N6. The summed E-state index contributed by atoms with van der Waals surface area (Å²) in [6, 6.07) is 8.01. The Labute approximate surface area is 125 Å². The third-order valence-electron chi connectivity index (χ3n) is 3.16. The van der Waals surface area contributed by atoms with Crippen LogP contribution in [0.5, 0.6) is 0 Å². The lowest BCUT2D eigenvalue weighted by molar-refractivity contribution is 0.801. The lowest BCUT2D eigenvalue weighted by Crippen LogP contribution is -2.22. The van der Waals surface area contributed by atoms with Gasteiger partial charge in [-0.1, -0.05) is 12.1 Å². The molecule has 1 heterocycles. The molecule has 112 valence electrons. The molecule has 0 aliphatic rings. The summed E-state index contributed by atoms with van der Waals surface area (Å²) in [5, 5.41) is 3.09. The number of aryl methyl sites for hydroxylation is 1. The highest BCUT2D eigenvalue weighted by molar-refractivity contribution is 5.92. The second-order valence-corrected chi connectivity index (χ2v) is 5.20. The smallest absolute Gasteiger partial charge is 0.204 e. The predicted octanol–water partition coefficient (Wildman–Crippen LogP) is 1.72. The highest BCUT2D eigenvalue weighted by atomic mass is 15.3. The van der Waals surface area contributed by atoms with E-state index in [1.54, 1.807) is 0 Å². The maximum Gasteiger partial charge on any atom is 0.204 e. The molecule has 0 saturated heterocycles. The highest BCUT2D eigenvalue weighted by Crippen LogP contribution is 2.12. The molecule has 0 atom stereocenters. The van der Waals surface area contributed by atoms with Gasteiger partial charge in [-0.05, 0) is 24.6 Å². The van der Waals surface area contributed by atoms with Crippen molar-refractivity contribution < 1.29 is 0 Å². The van der Waals surface area contributed by atoms with E-state index >= 15 is 0 Å². The predicted molar refractivity (Wildman–Crippen MR) is 87.7 cm³/mol. The van der Waals surface area contributed by atoms with Crippen molar-refractivity contribution in [3.8, 4) is 0 Å². The number of aliphatic imine (C=N–C) groups is 1. The van der Waals surface area contributed by atoms with Crippen molar-refractivity contribution in [3.05, 3.63) is 41.7 Å². The number of nitrogens with zero attached hydrogens (tertiary/aromatic N) is 4. The molecule has 0 unspecified atom stereocenters. The van der Waals surface area contributed by atoms with Crippen molar-refractivity contribution in [1.29, 1.82) is 0 Å². The van der Waals surface area contributed by atoms with Crippen LogP contribution in [0.15, 0.2) is 35.5 Å². The quantitative estimate of drug-likeness (QED) is 0.663. The third kappa shape index (κ3) is 3.75. The molecule has 1 aromatic carbocycles. The number of imidazole rings is 1. The summed E-state index contributed by atoms with van der Waals surface area (Å²) in [6.07, 6.45) is 1.82. The van der Waals surface area contributed by atoms with E-state index in [2.05, 4.69) is 15.3 Å². The van der Waals surface area contributed by atoms with Crippen LogP contribution >= 0.6 is 0 Å². The minimum Gasteiger partial charge on any atom is -0.370 e. The molecular weight excluding hydrogens is 264 g/mol. The molecule has 3 N–H and O–H groups in total. The molecule has 0 spiro atoms. The molecule has 0 aliphatic carbocycles. The van der Waals surface area contributed by atoms with Crippen molar-refractivity contribution in [2.45, 2.75) is 13.5 Å². The van der Waals surface area contributed by atoms with Gasteiger partial charge in [0.1, 0.15) is 0 Å². The lowest BCUT2D eigenvalue weighted by Gasteiger charge is -2.12. The first-order valence-corrected chi connectivity index (χ1v) is 6.79. The minimum atomic E-state index is 0.396. The molecule has 6 heteroatoms. The number of benzene rings is 1.